The number of rotatable bonds is 3. The number of hydrogen-bond acceptors (Lipinski definition) is 4. The third-order valence-electron chi connectivity index (χ3n) is 3.98. The van der Waals surface area contributed by atoms with Crippen molar-refractivity contribution in [2.75, 3.05) is 13.2 Å². The van der Waals surface area contributed by atoms with Crippen molar-refractivity contribution in [2.24, 2.45) is 11.3 Å². The number of urea groups is 1. The molecule has 2 aliphatic heterocycles. The predicted octanol–water partition coefficient (Wildman–Crippen LogP) is 0.906. The van der Waals surface area contributed by atoms with Crippen LogP contribution < -0.4 is 5.32 Å². The second-order valence-corrected chi connectivity index (χ2v) is 5.67. The van der Waals surface area contributed by atoms with Crippen LogP contribution in [0.2, 0.25) is 0 Å². The van der Waals surface area contributed by atoms with Gasteiger partial charge in [-0.05, 0) is 26.7 Å². The first-order chi connectivity index (χ1) is 8.87. The molecule has 2 unspecified atom stereocenters. The summed E-state index contributed by atoms with van der Waals surface area (Å²) in [7, 11) is 0. The largest absolute Gasteiger partial charge is 0.378 e. The Labute approximate surface area is 112 Å². The molecule has 0 saturated carbocycles. The summed E-state index contributed by atoms with van der Waals surface area (Å²) in [4.78, 5) is 36.9. The first-order valence-electron chi connectivity index (χ1n) is 6.67. The number of hydrogen-bond donors (Lipinski definition) is 1. The van der Waals surface area contributed by atoms with Gasteiger partial charge in [0, 0.05) is 19.1 Å². The molecular weight excluding hydrogens is 248 g/mol. The van der Waals surface area contributed by atoms with Crippen LogP contribution in [0.4, 0.5) is 4.79 Å². The second kappa shape index (κ2) is 4.92. The Hall–Kier alpha value is -1.43. The summed E-state index contributed by atoms with van der Waals surface area (Å²) in [6.07, 6.45) is 1.78. The fourth-order valence-corrected chi connectivity index (χ4v) is 2.60. The molecule has 1 N–H and O–H groups in total. The van der Waals surface area contributed by atoms with E-state index in [4.69, 9.17) is 4.74 Å². The standard InChI is InChI=1S/C13H20N2O4/c1-4-9-8(5-6-19-9)7-15-11(17)13(2,3)10(16)14-12(15)18/h8-9H,4-7H2,1-3H3,(H,14,16,18). The van der Waals surface area contributed by atoms with E-state index in [1.54, 1.807) is 0 Å². The van der Waals surface area contributed by atoms with Gasteiger partial charge in [-0.3, -0.25) is 19.8 Å². The zero-order chi connectivity index (χ0) is 14.2. The smallest absolute Gasteiger partial charge is 0.330 e. The number of carbonyl (C=O) groups excluding carboxylic acids is 3. The Kier molecular flexibility index (Phi) is 3.62. The molecule has 0 spiro atoms. The van der Waals surface area contributed by atoms with E-state index in [2.05, 4.69) is 5.32 Å². The highest BCUT2D eigenvalue weighted by molar-refractivity contribution is 6.18. The number of carbonyl (C=O) groups is 3. The van der Waals surface area contributed by atoms with Crippen molar-refractivity contribution in [3.63, 3.8) is 0 Å². The Morgan fingerprint density at radius 1 is 1.37 bits per heavy atom. The molecule has 6 nitrogen and oxygen atoms in total. The molecular formula is C13H20N2O4. The Morgan fingerprint density at radius 3 is 2.68 bits per heavy atom. The Balaban J connectivity index is 2.13. The van der Waals surface area contributed by atoms with Crippen molar-refractivity contribution < 1.29 is 19.1 Å². The monoisotopic (exact) mass is 268 g/mol. The number of barbiturate groups is 1. The van der Waals surface area contributed by atoms with Crippen molar-refractivity contribution in [2.45, 2.75) is 39.7 Å². The summed E-state index contributed by atoms with van der Waals surface area (Å²) in [5.41, 5.74) is -1.19. The third kappa shape index (κ3) is 2.36. The minimum absolute atomic E-state index is 0.0846. The van der Waals surface area contributed by atoms with Gasteiger partial charge in [0.05, 0.1) is 6.10 Å². The molecule has 2 atom stereocenters. The van der Waals surface area contributed by atoms with E-state index in [9.17, 15) is 14.4 Å². The summed E-state index contributed by atoms with van der Waals surface area (Å²) < 4.78 is 5.56. The van der Waals surface area contributed by atoms with Gasteiger partial charge in [0.15, 0.2) is 0 Å². The van der Waals surface area contributed by atoms with Crippen LogP contribution in [0.5, 0.6) is 0 Å². The molecule has 0 radical (unpaired) electrons. The lowest BCUT2D eigenvalue weighted by Gasteiger charge is -2.36. The van der Waals surface area contributed by atoms with Crippen LogP contribution >= 0.6 is 0 Å². The van der Waals surface area contributed by atoms with Crippen LogP contribution in [0.25, 0.3) is 0 Å². The second-order valence-electron chi connectivity index (χ2n) is 5.67. The maximum Gasteiger partial charge on any atom is 0.330 e. The van der Waals surface area contributed by atoms with Crippen molar-refractivity contribution in [1.82, 2.24) is 10.2 Å². The van der Waals surface area contributed by atoms with Gasteiger partial charge in [-0.1, -0.05) is 6.92 Å². The molecule has 0 bridgehead atoms. The van der Waals surface area contributed by atoms with E-state index >= 15 is 0 Å². The minimum Gasteiger partial charge on any atom is -0.378 e. The SMILES string of the molecule is CCC1OCCC1CN1C(=O)NC(=O)C(C)(C)C1=O. The molecule has 0 aliphatic carbocycles. The number of nitrogens with one attached hydrogen (secondary N) is 1. The van der Waals surface area contributed by atoms with Crippen LogP contribution in [0.3, 0.4) is 0 Å². The summed E-state index contributed by atoms with van der Waals surface area (Å²) in [6, 6.07) is -0.615. The molecule has 2 fully saturated rings. The Morgan fingerprint density at radius 2 is 2.05 bits per heavy atom. The van der Waals surface area contributed by atoms with Gasteiger partial charge in [-0.15, -0.1) is 0 Å². The maximum atomic E-state index is 12.3. The fourth-order valence-electron chi connectivity index (χ4n) is 2.60. The molecule has 2 saturated heterocycles. The average molecular weight is 268 g/mol. The molecule has 0 aromatic carbocycles. The van der Waals surface area contributed by atoms with E-state index in [0.29, 0.717) is 13.2 Å². The van der Waals surface area contributed by atoms with E-state index in [1.165, 1.54) is 13.8 Å². The highest BCUT2D eigenvalue weighted by atomic mass is 16.5. The summed E-state index contributed by atoms with van der Waals surface area (Å²) in [6.45, 7) is 6.07. The lowest BCUT2D eigenvalue weighted by Crippen LogP contribution is -2.62. The van der Waals surface area contributed by atoms with Gasteiger partial charge >= 0.3 is 6.03 Å². The normalized spacial score (nSPS) is 30.7. The number of ether oxygens (including phenoxy) is 1. The molecule has 106 valence electrons. The third-order valence-corrected chi connectivity index (χ3v) is 3.98. The van der Waals surface area contributed by atoms with Crippen molar-refractivity contribution in [3.8, 4) is 0 Å². The fraction of sp³-hybridized carbons (Fsp3) is 0.769. The van der Waals surface area contributed by atoms with E-state index < -0.39 is 23.3 Å². The topological polar surface area (TPSA) is 75.7 Å². The van der Waals surface area contributed by atoms with E-state index in [0.717, 1.165) is 17.7 Å². The van der Waals surface area contributed by atoms with Gasteiger partial charge < -0.3 is 4.74 Å². The van der Waals surface area contributed by atoms with Crippen LogP contribution in [-0.2, 0) is 14.3 Å². The zero-order valence-corrected chi connectivity index (χ0v) is 11.6. The van der Waals surface area contributed by atoms with Gasteiger partial charge in [-0.2, -0.15) is 0 Å². The first kappa shape index (κ1) is 14.0. The predicted molar refractivity (Wildman–Crippen MR) is 67.2 cm³/mol. The van der Waals surface area contributed by atoms with Gasteiger partial charge in [0.1, 0.15) is 5.41 Å². The summed E-state index contributed by atoms with van der Waals surface area (Å²) >= 11 is 0. The van der Waals surface area contributed by atoms with Crippen LogP contribution in [0.15, 0.2) is 0 Å². The maximum absolute atomic E-state index is 12.3. The van der Waals surface area contributed by atoms with Crippen LogP contribution in [0, 0.1) is 11.3 Å². The number of imide groups is 2. The van der Waals surface area contributed by atoms with Crippen molar-refractivity contribution in [3.05, 3.63) is 0 Å². The molecule has 0 aromatic heterocycles. The van der Waals surface area contributed by atoms with E-state index in [-0.39, 0.29) is 12.0 Å². The molecule has 2 heterocycles. The minimum atomic E-state index is -1.19. The van der Waals surface area contributed by atoms with E-state index in [1.807, 2.05) is 6.92 Å². The van der Waals surface area contributed by atoms with Gasteiger partial charge in [0.25, 0.3) is 0 Å². The highest BCUT2D eigenvalue weighted by Gasteiger charge is 2.48. The summed E-state index contributed by atoms with van der Waals surface area (Å²) in [5.74, 6) is -0.805. The quantitative estimate of drug-likeness (QED) is 0.772. The molecule has 4 amide bonds. The number of amides is 4. The van der Waals surface area contributed by atoms with Crippen LogP contribution in [0.1, 0.15) is 33.6 Å². The average Bonchev–Trinajstić information content (AvgIpc) is 2.80. The summed E-state index contributed by atoms with van der Waals surface area (Å²) in [5, 5.41) is 2.24. The molecule has 2 rings (SSSR count). The molecule has 2 aliphatic rings. The lowest BCUT2D eigenvalue weighted by molar-refractivity contribution is -0.149. The Bertz CT molecular complexity index is 419. The van der Waals surface area contributed by atoms with Gasteiger partial charge in [-0.25, -0.2) is 4.79 Å². The molecule has 19 heavy (non-hydrogen) atoms. The zero-order valence-electron chi connectivity index (χ0n) is 11.6. The van der Waals surface area contributed by atoms with Crippen molar-refractivity contribution >= 4 is 17.8 Å². The molecule has 6 heteroatoms. The first-order valence-corrected chi connectivity index (χ1v) is 6.67. The molecule has 0 aromatic rings. The lowest BCUT2D eigenvalue weighted by atomic mass is 9.88. The van der Waals surface area contributed by atoms with Crippen molar-refractivity contribution in [1.29, 1.82) is 0 Å². The van der Waals surface area contributed by atoms with Gasteiger partial charge in [0.2, 0.25) is 11.8 Å². The highest BCUT2D eigenvalue weighted by Crippen LogP contribution is 2.28. The van der Waals surface area contributed by atoms with Crippen LogP contribution in [-0.4, -0.2) is 42.0 Å². The number of nitrogens with zero attached hydrogens (tertiary/aromatic N) is 1.